The third-order valence-electron chi connectivity index (χ3n) is 6.13. The molecule has 0 radical (unpaired) electrons. The molecule has 0 bridgehead atoms. The third kappa shape index (κ3) is 5.07. The Bertz CT molecular complexity index is 1260. The molecule has 2 amide bonds. The number of ether oxygens (including phenoxy) is 1. The minimum atomic E-state index is -4.28. The summed E-state index contributed by atoms with van der Waals surface area (Å²) in [6.45, 7) is 5.37. The molecule has 2 aromatic heterocycles. The van der Waals surface area contributed by atoms with Crippen molar-refractivity contribution in [3.05, 3.63) is 48.2 Å². The van der Waals surface area contributed by atoms with Crippen molar-refractivity contribution in [2.45, 2.75) is 56.8 Å². The number of sulfonamides is 1. The van der Waals surface area contributed by atoms with E-state index in [0.29, 0.717) is 0 Å². The number of amides is 2. The lowest BCUT2D eigenvalue weighted by Gasteiger charge is -2.31. The van der Waals surface area contributed by atoms with E-state index in [4.69, 9.17) is 9.15 Å². The number of pyridine rings is 1. The van der Waals surface area contributed by atoms with Crippen LogP contribution in [0.5, 0.6) is 5.75 Å². The van der Waals surface area contributed by atoms with Crippen LogP contribution < -0.4 is 14.8 Å². The number of likely N-dealkylation sites (tertiary alicyclic amines) is 1. The Morgan fingerprint density at radius 3 is 2.69 bits per heavy atom. The van der Waals surface area contributed by atoms with Gasteiger partial charge >= 0.3 is 21.1 Å². The maximum absolute atomic E-state index is 13.6. The quantitative estimate of drug-likeness (QED) is 0.438. The Labute approximate surface area is 208 Å². The first-order chi connectivity index (χ1) is 16.9. The Morgan fingerprint density at radius 2 is 2.06 bits per heavy atom. The second kappa shape index (κ2) is 9.54. The van der Waals surface area contributed by atoms with Crippen molar-refractivity contribution in [3.63, 3.8) is 0 Å². The average molecular weight is 521 g/mol. The molecular formula is C23H28N4O8S. The molecule has 2 aliphatic rings. The highest BCUT2D eigenvalue weighted by Crippen LogP contribution is 2.34. The first-order valence-corrected chi connectivity index (χ1v) is 12.9. The lowest BCUT2D eigenvalue weighted by Crippen LogP contribution is -2.54. The van der Waals surface area contributed by atoms with Gasteiger partial charge in [0, 0.05) is 24.7 Å². The van der Waals surface area contributed by atoms with E-state index < -0.39 is 57.5 Å². The first-order valence-electron chi connectivity index (χ1n) is 11.4. The van der Waals surface area contributed by atoms with Gasteiger partial charge in [0.15, 0.2) is 17.7 Å². The number of Topliss-reactive ketones (excluding diaryl/α,β-unsaturated/α-hetero) is 1. The predicted octanol–water partition coefficient (Wildman–Crippen LogP) is 1.05. The highest BCUT2D eigenvalue weighted by atomic mass is 32.2. The first kappa shape index (κ1) is 25.6. The summed E-state index contributed by atoms with van der Waals surface area (Å²) in [7, 11) is -4.28. The summed E-state index contributed by atoms with van der Waals surface area (Å²) >= 11 is 0. The standard InChI is InChI=1S/C23H28N4O8S/c1-23(2,3)12-16(24-22(30)35-15-8-11-34-14-15)21(29)25-10-7-17-20(25)18(28)13-27(17)36(32,33)19-6-4-5-9-26(19)31/h4-6,8-9,11,14,16-17,20H,7,10,12-13H2,1-3H3,(H,24,30). The molecule has 3 unspecified atom stereocenters. The van der Waals surface area contributed by atoms with E-state index in [1.54, 1.807) is 0 Å². The number of furan rings is 1. The maximum Gasteiger partial charge on any atom is 0.413 e. The van der Waals surface area contributed by atoms with Crippen molar-refractivity contribution < 1.29 is 36.7 Å². The van der Waals surface area contributed by atoms with Crippen molar-refractivity contribution in [2.24, 2.45) is 5.41 Å². The van der Waals surface area contributed by atoms with Crippen molar-refractivity contribution in [2.75, 3.05) is 13.1 Å². The van der Waals surface area contributed by atoms with Gasteiger partial charge in [-0.3, -0.25) is 9.59 Å². The van der Waals surface area contributed by atoms with Gasteiger partial charge in [-0.2, -0.15) is 9.04 Å². The van der Waals surface area contributed by atoms with E-state index >= 15 is 0 Å². The second-order valence-electron chi connectivity index (χ2n) is 10.0. The minimum Gasteiger partial charge on any atom is -0.618 e. The molecule has 4 heterocycles. The molecule has 194 valence electrons. The summed E-state index contributed by atoms with van der Waals surface area (Å²) < 4.78 is 37.7. The molecule has 1 N–H and O–H groups in total. The minimum absolute atomic E-state index is 0.122. The maximum atomic E-state index is 13.6. The van der Waals surface area contributed by atoms with Crippen LogP contribution in [0.2, 0.25) is 0 Å². The fourth-order valence-electron chi connectivity index (χ4n) is 4.67. The molecule has 3 atom stereocenters. The van der Waals surface area contributed by atoms with Crippen LogP contribution in [0.1, 0.15) is 33.6 Å². The van der Waals surface area contributed by atoms with Crippen LogP contribution in [0.3, 0.4) is 0 Å². The van der Waals surface area contributed by atoms with Crippen LogP contribution in [0.15, 0.2) is 52.4 Å². The van der Waals surface area contributed by atoms with Gasteiger partial charge in [-0.05, 0) is 24.3 Å². The average Bonchev–Trinajstić information content (AvgIpc) is 3.51. The molecular weight excluding hydrogens is 492 g/mol. The number of rotatable bonds is 6. The summed E-state index contributed by atoms with van der Waals surface area (Å²) in [5.41, 5.74) is -0.369. The Kier molecular flexibility index (Phi) is 6.80. The molecule has 2 aromatic rings. The van der Waals surface area contributed by atoms with E-state index in [9.17, 15) is 28.0 Å². The van der Waals surface area contributed by atoms with Gasteiger partial charge < -0.3 is 24.6 Å². The van der Waals surface area contributed by atoms with Crippen LogP contribution in [-0.2, 0) is 19.6 Å². The van der Waals surface area contributed by atoms with Crippen LogP contribution in [0, 0.1) is 10.6 Å². The van der Waals surface area contributed by atoms with Crippen LogP contribution in [0.4, 0.5) is 4.79 Å². The molecule has 2 saturated heterocycles. The Morgan fingerprint density at radius 1 is 1.31 bits per heavy atom. The van der Waals surface area contributed by atoms with Gasteiger partial charge in [-0.25, -0.2) is 13.2 Å². The van der Waals surface area contributed by atoms with E-state index in [-0.39, 0.29) is 35.3 Å². The van der Waals surface area contributed by atoms with E-state index in [1.165, 1.54) is 41.7 Å². The van der Waals surface area contributed by atoms with Gasteiger partial charge in [-0.15, -0.1) is 0 Å². The molecule has 4 rings (SSSR count). The second-order valence-corrected chi connectivity index (χ2v) is 11.9. The number of ketones is 1. The van der Waals surface area contributed by atoms with Crippen LogP contribution in [-0.4, -0.2) is 66.6 Å². The van der Waals surface area contributed by atoms with E-state index in [1.807, 2.05) is 20.8 Å². The summed E-state index contributed by atoms with van der Waals surface area (Å²) in [6.07, 6.45) is 3.24. The highest BCUT2D eigenvalue weighted by Gasteiger charge is 2.55. The van der Waals surface area contributed by atoms with Crippen molar-refractivity contribution in [3.8, 4) is 5.75 Å². The Balaban J connectivity index is 1.55. The van der Waals surface area contributed by atoms with Crippen molar-refractivity contribution in [1.82, 2.24) is 14.5 Å². The number of nitrogens with one attached hydrogen (secondary N) is 1. The highest BCUT2D eigenvalue weighted by molar-refractivity contribution is 7.89. The summed E-state index contributed by atoms with van der Waals surface area (Å²) in [6, 6.07) is 2.61. The largest absolute Gasteiger partial charge is 0.618 e. The van der Waals surface area contributed by atoms with Crippen LogP contribution >= 0.6 is 0 Å². The lowest BCUT2D eigenvalue weighted by atomic mass is 9.87. The summed E-state index contributed by atoms with van der Waals surface area (Å²) in [4.78, 5) is 40.4. The fraction of sp³-hybridized carbons (Fsp3) is 0.478. The smallest absolute Gasteiger partial charge is 0.413 e. The number of hydrogen-bond acceptors (Lipinski definition) is 8. The molecule has 36 heavy (non-hydrogen) atoms. The predicted molar refractivity (Wildman–Crippen MR) is 124 cm³/mol. The molecule has 12 nitrogen and oxygen atoms in total. The molecule has 0 spiro atoms. The summed E-state index contributed by atoms with van der Waals surface area (Å²) in [5.74, 6) is -0.787. The topological polar surface area (TPSA) is 153 Å². The molecule has 2 fully saturated rings. The zero-order chi connectivity index (χ0) is 26.3. The van der Waals surface area contributed by atoms with Crippen molar-refractivity contribution >= 4 is 27.8 Å². The molecule has 0 aromatic carbocycles. The molecule has 13 heteroatoms. The number of carbonyl (C=O) groups is 3. The van der Waals surface area contributed by atoms with Crippen molar-refractivity contribution in [1.29, 1.82) is 0 Å². The van der Waals surface area contributed by atoms with Gasteiger partial charge in [-0.1, -0.05) is 20.8 Å². The summed E-state index contributed by atoms with van der Waals surface area (Å²) in [5, 5.41) is 14.2. The fourth-order valence-corrected chi connectivity index (χ4v) is 6.33. The molecule has 2 aliphatic heterocycles. The number of aromatic nitrogens is 1. The van der Waals surface area contributed by atoms with E-state index in [2.05, 4.69) is 5.32 Å². The SMILES string of the molecule is CC(C)(C)CC(NC(=O)Oc1ccoc1)C(=O)N1CCC2C1C(=O)CN2S(=O)(=O)c1cccc[n+]1[O-]. The molecule has 0 saturated carbocycles. The normalized spacial score (nSPS) is 21.3. The third-order valence-corrected chi connectivity index (χ3v) is 8.00. The molecule has 0 aliphatic carbocycles. The zero-order valence-corrected chi connectivity index (χ0v) is 20.9. The number of nitrogens with zero attached hydrogens (tertiary/aromatic N) is 3. The zero-order valence-electron chi connectivity index (χ0n) is 20.1. The van der Waals surface area contributed by atoms with E-state index in [0.717, 1.165) is 10.5 Å². The monoisotopic (exact) mass is 520 g/mol. The van der Waals surface area contributed by atoms with Gasteiger partial charge in [0.25, 0.3) is 0 Å². The number of hydrogen-bond donors (Lipinski definition) is 1. The lowest BCUT2D eigenvalue weighted by molar-refractivity contribution is -0.646. The number of fused-ring (bicyclic) bond motifs is 1. The van der Waals surface area contributed by atoms with Gasteiger partial charge in [0.2, 0.25) is 5.91 Å². The van der Waals surface area contributed by atoms with Gasteiger partial charge in [0.05, 0.1) is 18.8 Å². The number of carbonyl (C=O) groups excluding carboxylic acids is 3. The van der Waals surface area contributed by atoms with Crippen LogP contribution in [0.25, 0.3) is 0 Å². The van der Waals surface area contributed by atoms with Gasteiger partial charge in [0.1, 0.15) is 18.3 Å². The Hall–Kier alpha value is -3.45.